The van der Waals surface area contributed by atoms with Crippen molar-refractivity contribution in [1.29, 1.82) is 0 Å². The van der Waals surface area contributed by atoms with E-state index in [4.69, 9.17) is 4.42 Å². The maximum absolute atomic E-state index is 5.27. The maximum Gasteiger partial charge on any atom is 0.117 e. The molecule has 1 aromatic heterocycles. The van der Waals surface area contributed by atoms with E-state index in [0.717, 1.165) is 24.8 Å². The molecule has 0 amide bonds. The van der Waals surface area contributed by atoms with E-state index in [9.17, 15) is 0 Å². The lowest BCUT2D eigenvalue weighted by Gasteiger charge is -2.30. The summed E-state index contributed by atoms with van der Waals surface area (Å²) in [7, 11) is 0. The van der Waals surface area contributed by atoms with E-state index in [1.54, 1.807) is 6.26 Å². The third-order valence-electron chi connectivity index (χ3n) is 3.83. The van der Waals surface area contributed by atoms with Crippen LogP contribution in [0.3, 0.4) is 0 Å². The van der Waals surface area contributed by atoms with Gasteiger partial charge in [0.15, 0.2) is 0 Å². The predicted molar refractivity (Wildman–Crippen MR) is 74.5 cm³/mol. The molecule has 1 fully saturated rings. The summed E-state index contributed by atoms with van der Waals surface area (Å²) >= 11 is 0. The minimum Gasteiger partial charge on any atom is -0.468 e. The number of furan rings is 1. The van der Waals surface area contributed by atoms with Crippen LogP contribution >= 0.6 is 0 Å². The number of nitrogens with zero attached hydrogens (tertiary/aromatic N) is 1. The second kappa shape index (κ2) is 7.59. The minimum absolute atomic E-state index is 0.855. The Balaban J connectivity index is 1.44. The van der Waals surface area contributed by atoms with E-state index >= 15 is 0 Å². The third-order valence-corrected chi connectivity index (χ3v) is 3.83. The highest BCUT2D eigenvalue weighted by atomic mass is 16.3. The zero-order valence-corrected chi connectivity index (χ0v) is 11.5. The minimum atomic E-state index is 0.855. The molecule has 1 aliphatic heterocycles. The molecule has 2 rings (SSSR count). The van der Waals surface area contributed by atoms with Crippen LogP contribution in [0, 0.1) is 5.92 Å². The van der Waals surface area contributed by atoms with Crippen LogP contribution in [0.5, 0.6) is 0 Å². The van der Waals surface area contributed by atoms with Gasteiger partial charge in [-0.05, 0) is 69.9 Å². The lowest BCUT2D eigenvalue weighted by Crippen LogP contribution is -2.33. The van der Waals surface area contributed by atoms with Gasteiger partial charge >= 0.3 is 0 Å². The number of rotatable bonds is 7. The fourth-order valence-electron chi connectivity index (χ4n) is 2.50. The van der Waals surface area contributed by atoms with Gasteiger partial charge in [-0.2, -0.15) is 0 Å². The van der Waals surface area contributed by atoms with Crippen molar-refractivity contribution in [3.05, 3.63) is 24.2 Å². The van der Waals surface area contributed by atoms with Crippen LogP contribution in [0.15, 0.2) is 22.8 Å². The molecule has 1 aromatic rings. The molecule has 3 nitrogen and oxygen atoms in total. The molecule has 18 heavy (non-hydrogen) atoms. The second-order valence-electron chi connectivity index (χ2n) is 5.49. The Hall–Kier alpha value is -0.800. The summed E-state index contributed by atoms with van der Waals surface area (Å²) < 4.78 is 5.27. The molecule has 0 atom stereocenters. The van der Waals surface area contributed by atoms with Gasteiger partial charge < -0.3 is 14.6 Å². The summed E-state index contributed by atoms with van der Waals surface area (Å²) in [5, 5.41) is 3.42. The van der Waals surface area contributed by atoms with E-state index in [2.05, 4.69) is 17.1 Å². The van der Waals surface area contributed by atoms with Crippen LogP contribution in [0.1, 0.15) is 38.4 Å². The average molecular weight is 250 g/mol. The molecule has 0 spiro atoms. The van der Waals surface area contributed by atoms with Crippen molar-refractivity contribution < 1.29 is 4.42 Å². The monoisotopic (exact) mass is 250 g/mol. The van der Waals surface area contributed by atoms with Crippen molar-refractivity contribution in [2.24, 2.45) is 5.92 Å². The number of nitrogens with one attached hydrogen (secondary N) is 1. The van der Waals surface area contributed by atoms with Crippen molar-refractivity contribution >= 4 is 0 Å². The molecule has 1 saturated heterocycles. The Labute approximate surface area is 111 Å². The lowest BCUT2D eigenvalue weighted by atomic mass is 9.99. The number of piperidine rings is 1. The van der Waals surface area contributed by atoms with Crippen LogP contribution in [0.25, 0.3) is 0 Å². The molecule has 1 N–H and O–H groups in total. The van der Waals surface area contributed by atoms with Gasteiger partial charge in [-0.3, -0.25) is 0 Å². The summed E-state index contributed by atoms with van der Waals surface area (Å²) in [4.78, 5) is 2.62. The molecule has 0 unspecified atom stereocenters. The molecule has 3 heteroatoms. The second-order valence-corrected chi connectivity index (χ2v) is 5.49. The first kappa shape index (κ1) is 13.6. The largest absolute Gasteiger partial charge is 0.468 e. The van der Waals surface area contributed by atoms with Crippen LogP contribution in [-0.4, -0.2) is 31.1 Å². The quantitative estimate of drug-likeness (QED) is 0.754. The first-order valence-corrected chi connectivity index (χ1v) is 7.30. The van der Waals surface area contributed by atoms with E-state index in [-0.39, 0.29) is 0 Å². The maximum atomic E-state index is 5.27. The molecule has 0 radical (unpaired) electrons. The summed E-state index contributed by atoms with van der Waals surface area (Å²) in [5.74, 6) is 1.97. The van der Waals surface area contributed by atoms with E-state index in [0.29, 0.717) is 0 Å². The molecule has 102 valence electrons. The number of hydrogen-bond acceptors (Lipinski definition) is 3. The van der Waals surface area contributed by atoms with Gasteiger partial charge in [0.2, 0.25) is 0 Å². The standard InChI is InChI=1S/C15H26N2O/c1-14-6-10-17(11-7-14)9-3-2-8-16-13-15-5-4-12-18-15/h4-5,12,14,16H,2-3,6-11,13H2,1H3. The fourth-order valence-corrected chi connectivity index (χ4v) is 2.50. The molecule has 1 aliphatic rings. The van der Waals surface area contributed by atoms with E-state index in [1.165, 1.54) is 45.3 Å². The molecule has 0 aromatic carbocycles. The van der Waals surface area contributed by atoms with Crippen LogP contribution < -0.4 is 5.32 Å². The fraction of sp³-hybridized carbons (Fsp3) is 0.733. The summed E-state index contributed by atoms with van der Waals surface area (Å²) in [6, 6.07) is 3.95. The highest BCUT2D eigenvalue weighted by Gasteiger charge is 2.14. The molecule has 0 aliphatic carbocycles. The van der Waals surface area contributed by atoms with Gasteiger partial charge in [0.1, 0.15) is 5.76 Å². The Kier molecular flexibility index (Phi) is 5.75. The van der Waals surface area contributed by atoms with Crippen LogP contribution in [0.2, 0.25) is 0 Å². The Morgan fingerprint density at radius 3 is 2.89 bits per heavy atom. The van der Waals surface area contributed by atoms with Crippen molar-refractivity contribution in [3.8, 4) is 0 Å². The van der Waals surface area contributed by atoms with E-state index < -0.39 is 0 Å². The predicted octanol–water partition coefficient (Wildman–Crippen LogP) is 2.88. The Bertz CT molecular complexity index is 302. The van der Waals surface area contributed by atoms with Gasteiger partial charge in [0.25, 0.3) is 0 Å². The molecular formula is C15H26N2O. The number of hydrogen-bond donors (Lipinski definition) is 1. The summed E-state index contributed by atoms with van der Waals surface area (Å²) in [6.45, 7) is 8.20. The summed E-state index contributed by atoms with van der Waals surface area (Å²) in [6.07, 6.45) is 7.06. The molecule has 0 bridgehead atoms. The average Bonchev–Trinajstić information content (AvgIpc) is 2.89. The lowest BCUT2D eigenvalue weighted by molar-refractivity contribution is 0.189. The SMILES string of the molecule is CC1CCN(CCCCNCc2ccco2)CC1. The molecular weight excluding hydrogens is 224 g/mol. The van der Waals surface area contributed by atoms with Gasteiger partial charge in [0, 0.05) is 0 Å². The van der Waals surface area contributed by atoms with Gasteiger partial charge in [-0.15, -0.1) is 0 Å². The van der Waals surface area contributed by atoms with Crippen molar-refractivity contribution in [3.63, 3.8) is 0 Å². The van der Waals surface area contributed by atoms with Gasteiger partial charge in [-0.1, -0.05) is 6.92 Å². The number of likely N-dealkylation sites (tertiary alicyclic amines) is 1. The highest BCUT2D eigenvalue weighted by molar-refractivity contribution is 4.97. The zero-order chi connectivity index (χ0) is 12.6. The van der Waals surface area contributed by atoms with Crippen molar-refractivity contribution in [2.75, 3.05) is 26.2 Å². The first-order chi connectivity index (χ1) is 8.84. The van der Waals surface area contributed by atoms with Crippen molar-refractivity contribution in [1.82, 2.24) is 10.2 Å². The first-order valence-electron chi connectivity index (χ1n) is 7.30. The van der Waals surface area contributed by atoms with E-state index in [1.807, 2.05) is 12.1 Å². The number of unbranched alkanes of at least 4 members (excludes halogenated alkanes) is 1. The topological polar surface area (TPSA) is 28.4 Å². The molecule has 0 saturated carbocycles. The van der Waals surface area contributed by atoms with Gasteiger partial charge in [0.05, 0.1) is 12.8 Å². The smallest absolute Gasteiger partial charge is 0.117 e. The van der Waals surface area contributed by atoms with Crippen molar-refractivity contribution in [2.45, 2.75) is 39.2 Å². The van der Waals surface area contributed by atoms with Crippen LogP contribution in [0.4, 0.5) is 0 Å². The van der Waals surface area contributed by atoms with Gasteiger partial charge in [-0.25, -0.2) is 0 Å². The third kappa shape index (κ3) is 4.83. The normalized spacial score (nSPS) is 18.3. The summed E-state index contributed by atoms with van der Waals surface area (Å²) in [5.41, 5.74) is 0. The zero-order valence-electron chi connectivity index (χ0n) is 11.5. The molecule has 2 heterocycles. The Morgan fingerprint density at radius 1 is 1.33 bits per heavy atom. The Morgan fingerprint density at radius 2 is 2.17 bits per heavy atom. The highest BCUT2D eigenvalue weighted by Crippen LogP contribution is 2.15. The van der Waals surface area contributed by atoms with Crippen LogP contribution in [-0.2, 0) is 6.54 Å².